The third-order valence-electron chi connectivity index (χ3n) is 3.65. The normalized spacial score (nSPS) is 12.0. The second-order valence-electron chi connectivity index (χ2n) is 6.33. The van der Waals surface area contributed by atoms with Gasteiger partial charge in [-0.2, -0.15) is 5.26 Å². The molecule has 0 aliphatic rings. The van der Waals surface area contributed by atoms with Gasteiger partial charge in [-0.25, -0.2) is 9.37 Å². The molecule has 0 unspecified atom stereocenters. The SMILES string of the molecule is CC(C)C[C@@H](C)COc1ccc(-c2ccnc(Cl)c2F)cc1C#N. The highest BCUT2D eigenvalue weighted by Gasteiger charge is 2.13. The van der Waals surface area contributed by atoms with Gasteiger partial charge >= 0.3 is 0 Å². The molecule has 0 bridgehead atoms. The van der Waals surface area contributed by atoms with Gasteiger partial charge in [0.25, 0.3) is 0 Å². The van der Waals surface area contributed by atoms with Crippen LogP contribution in [-0.2, 0) is 0 Å². The lowest BCUT2D eigenvalue weighted by Gasteiger charge is -2.16. The van der Waals surface area contributed by atoms with Crippen LogP contribution in [0.3, 0.4) is 0 Å². The molecule has 0 aliphatic carbocycles. The fourth-order valence-corrected chi connectivity index (χ4v) is 2.81. The van der Waals surface area contributed by atoms with E-state index in [-0.39, 0.29) is 5.15 Å². The summed E-state index contributed by atoms with van der Waals surface area (Å²) in [5.74, 6) is 0.910. The van der Waals surface area contributed by atoms with E-state index in [1.165, 1.54) is 12.3 Å². The highest BCUT2D eigenvalue weighted by atomic mass is 35.5. The van der Waals surface area contributed by atoms with E-state index < -0.39 is 5.82 Å². The summed E-state index contributed by atoms with van der Waals surface area (Å²) in [6.07, 6.45) is 2.49. The van der Waals surface area contributed by atoms with Gasteiger partial charge in [-0.05, 0) is 42.0 Å². The molecule has 0 amide bonds. The number of hydrogen-bond acceptors (Lipinski definition) is 3. The number of halogens is 2. The number of hydrogen-bond donors (Lipinski definition) is 0. The van der Waals surface area contributed by atoms with Crippen LogP contribution < -0.4 is 4.74 Å². The van der Waals surface area contributed by atoms with Crippen molar-refractivity contribution in [3.8, 4) is 22.9 Å². The Balaban J connectivity index is 2.22. The van der Waals surface area contributed by atoms with Crippen LogP contribution in [0.5, 0.6) is 5.75 Å². The fourth-order valence-electron chi connectivity index (χ4n) is 2.66. The van der Waals surface area contributed by atoms with Crippen LogP contribution in [0.1, 0.15) is 32.8 Å². The summed E-state index contributed by atoms with van der Waals surface area (Å²) in [7, 11) is 0. The van der Waals surface area contributed by atoms with E-state index in [1.54, 1.807) is 18.2 Å². The van der Waals surface area contributed by atoms with Crippen LogP contribution in [0.25, 0.3) is 11.1 Å². The predicted octanol–water partition coefficient (Wildman–Crippen LogP) is 5.47. The first kappa shape index (κ1) is 18.2. The van der Waals surface area contributed by atoms with Crippen molar-refractivity contribution in [2.24, 2.45) is 11.8 Å². The van der Waals surface area contributed by atoms with Crippen LogP contribution in [0.4, 0.5) is 4.39 Å². The minimum atomic E-state index is -0.595. The van der Waals surface area contributed by atoms with Gasteiger partial charge in [0.1, 0.15) is 11.8 Å². The molecule has 1 aromatic carbocycles. The summed E-state index contributed by atoms with van der Waals surface area (Å²) >= 11 is 5.72. The van der Waals surface area contributed by atoms with Crippen molar-refractivity contribution in [2.45, 2.75) is 27.2 Å². The maximum Gasteiger partial charge on any atom is 0.168 e. The maximum atomic E-state index is 14.1. The Kier molecular flexibility index (Phi) is 6.16. The monoisotopic (exact) mass is 346 g/mol. The first-order valence-electron chi connectivity index (χ1n) is 7.89. The number of pyridine rings is 1. The molecule has 0 N–H and O–H groups in total. The van der Waals surface area contributed by atoms with Crippen LogP contribution >= 0.6 is 11.6 Å². The van der Waals surface area contributed by atoms with E-state index in [9.17, 15) is 9.65 Å². The van der Waals surface area contributed by atoms with Gasteiger partial charge in [0, 0.05) is 11.8 Å². The zero-order chi connectivity index (χ0) is 17.7. The number of nitrogens with zero attached hydrogens (tertiary/aromatic N) is 2. The number of nitriles is 1. The summed E-state index contributed by atoms with van der Waals surface area (Å²) in [6, 6.07) is 8.67. The molecule has 126 valence electrons. The molecule has 24 heavy (non-hydrogen) atoms. The molecule has 5 heteroatoms. The minimum absolute atomic E-state index is 0.186. The van der Waals surface area contributed by atoms with E-state index >= 15 is 0 Å². The van der Waals surface area contributed by atoms with Gasteiger partial charge in [-0.15, -0.1) is 0 Å². The number of benzene rings is 1. The summed E-state index contributed by atoms with van der Waals surface area (Å²) in [5.41, 5.74) is 1.25. The molecule has 3 nitrogen and oxygen atoms in total. The zero-order valence-electron chi connectivity index (χ0n) is 14.0. The Bertz CT molecular complexity index is 756. The van der Waals surface area contributed by atoms with Gasteiger partial charge in [0.2, 0.25) is 0 Å². The van der Waals surface area contributed by atoms with Gasteiger partial charge in [-0.1, -0.05) is 38.4 Å². The van der Waals surface area contributed by atoms with Crippen LogP contribution in [0.2, 0.25) is 5.15 Å². The third-order valence-corrected chi connectivity index (χ3v) is 3.92. The molecule has 0 saturated heterocycles. The molecule has 1 atom stereocenters. The molecular weight excluding hydrogens is 327 g/mol. The van der Waals surface area contributed by atoms with Crippen LogP contribution in [-0.4, -0.2) is 11.6 Å². The van der Waals surface area contributed by atoms with E-state index in [0.29, 0.717) is 40.9 Å². The predicted molar refractivity (Wildman–Crippen MR) is 93.5 cm³/mol. The topological polar surface area (TPSA) is 45.9 Å². The number of aromatic nitrogens is 1. The molecule has 1 aromatic heterocycles. The summed E-state index contributed by atoms with van der Waals surface area (Å²) in [5, 5.41) is 9.18. The quantitative estimate of drug-likeness (QED) is 0.651. The number of ether oxygens (including phenoxy) is 1. The van der Waals surface area contributed by atoms with Crippen molar-refractivity contribution in [1.82, 2.24) is 4.98 Å². The average Bonchev–Trinajstić information content (AvgIpc) is 2.54. The smallest absolute Gasteiger partial charge is 0.168 e. The highest BCUT2D eigenvalue weighted by Crippen LogP contribution is 2.30. The van der Waals surface area contributed by atoms with Gasteiger partial charge in [-0.3, -0.25) is 0 Å². The molecule has 0 fully saturated rings. The highest BCUT2D eigenvalue weighted by molar-refractivity contribution is 6.29. The second-order valence-corrected chi connectivity index (χ2v) is 6.69. The Morgan fingerprint density at radius 3 is 2.71 bits per heavy atom. The summed E-state index contributed by atoms with van der Waals surface area (Å²) < 4.78 is 19.9. The average molecular weight is 347 g/mol. The first-order chi connectivity index (χ1) is 11.4. The molecular formula is C19H20ClFN2O. The Labute approximate surface area is 147 Å². The van der Waals surface area contributed by atoms with E-state index in [4.69, 9.17) is 16.3 Å². The van der Waals surface area contributed by atoms with Crippen molar-refractivity contribution in [3.63, 3.8) is 0 Å². The summed E-state index contributed by atoms with van der Waals surface area (Å²) in [4.78, 5) is 3.70. The van der Waals surface area contributed by atoms with Crippen molar-refractivity contribution in [2.75, 3.05) is 6.61 Å². The largest absolute Gasteiger partial charge is 0.492 e. The lowest BCUT2D eigenvalue weighted by Crippen LogP contribution is -2.11. The zero-order valence-corrected chi connectivity index (χ0v) is 14.8. The standard InChI is InChI=1S/C19H20ClFN2O/c1-12(2)8-13(3)11-24-17-5-4-14(9-15(17)10-22)16-6-7-23-19(20)18(16)21/h4-7,9,12-13H,8,11H2,1-3H3/t13-/m1/s1. The van der Waals surface area contributed by atoms with Crippen molar-refractivity contribution in [1.29, 1.82) is 5.26 Å². The molecule has 2 rings (SSSR count). The fraction of sp³-hybridized carbons (Fsp3) is 0.368. The molecule has 1 heterocycles. The maximum absolute atomic E-state index is 14.1. The molecule has 0 radical (unpaired) electrons. The third kappa shape index (κ3) is 4.46. The molecule has 0 aliphatic heterocycles. The lowest BCUT2D eigenvalue weighted by molar-refractivity contribution is 0.238. The lowest BCUT2D eigenvalue weighted by atomic mass is 10.00. The van der Waals surface area contributed by atoms with Crippen molar-refractivity contribution < 1.29 is 9.13 Å². The van der Waals surface area contributed by atoms with Gasteiger partial charge in [0.05, 0.1) is 12.2 Å². The van der Waals surface area contributed by atoms with Crippen LogP contribution in [0, 0.1) is 29.0 Å². The van der Waals surface area contributed by atoms with Crippen molar-refractivity contribution in [3.05, 3.63) is 47.0 Å². The molecule has 0 spiro atoms. The Hall–Kier alpha value is -2.12. The Morgan fingerprint density at radius 1 is 1.29 bits per heavy atom. The van der Waals surface area contributed by atoms with E-state index in [1.807, 2.05) is 0 Å². The van der Waals surface area contributed by atoms with Gasteiger partial charge in [0.15, 0.2) is 11.0 Å². The minimum Gasteiger partial charge on any atom is -0.492 e. The first-order valence-corrected chi connectivity index (χ1v) is 8.27. The summed E-state index contributed by atoms with van der Waals surface area (Å²) in [6.45, 7) is 7.00. The van der Waals surface area contributed by atoms with Gasteiger partial charge < -0.3 is 4.74 Å². The van der Waals surface area contributed by atoms with E-state index in [2.05, 4.69) is 31.8 Å². The number of rotatable bonds is 6. The van der Waals surface area contributed by atoms with Crippen LogP contribution in [0.15, 0.2) is 30.5 Å². The van der Waals surface area contributed by atoms with E-state index in [0.717, 1.165) is 6.42 Å². The molecule has 2 aromatic rings. The van der Waals surface area contributed by atoms with Crippen molar-refractivity contribution >= 4 is 11.6 Å². The molecule has 0 saturated carbocycles. The Morgan fingerprint density at radius 2 is 2.04 bits per heavy atom. The second kappa shape index (κ2) is 8.12.